The summed E-state index contributed by atoms with van der Waals surface area (Å²) in [6, 6.07) is 0. The quantitative estimate of drug-likeness (QED) is 0.586. The van der Waals surface area contributed by atoms with Crippen LogP contribution < -0.4 is 0 Å². The monoisotopic (exact) mass is 167 g/mol. The van der Waals surface area contributed by atoms with Gasteiger partial charge < -0.3 is 9.79 Å². The molecule has 0 aliphatic rings. The van der Waals surface area contributed by atoms with Gasteiger partial charge in [0.15, 0.2) is 0 Å². The van der Waals surface area contributed by atoms with Gasteiger partial charge in [0, 0.05) is 0 Å². The van der Waals surface area contributed by atoms with E-state index in [-0.39, 0.29) is 0 Å². The SMILES string of the molecule is CN(C)C(C)(C)P(=O)(O)O. The summed E-state index contributed by atoms with van der Waals surface area (Å²) in [6.45, 7) is 3.02. The molecule has 0 aliphatic heterocycles. The van der Waals surface area contributed by atoms with Crippen molar-refractivity contribution in [2.24, 2.45) is 0 Å². The Kier molecular flexibility index (Phi) is 2.65. The molecule has 0 aromatic heterocycles. The molecule has 0 fully saturated rings. The normalized spacial score (nSPS) is 14.3. The molecule has 0 aromatic rings. The lowest BCUT2D eigenvalue weighted by Gasteiger charge is -2.32. The van der Waals surface area contributed by atoms with E-state index in [1.807, 2.05) is 0 Å². The summed E-state index contributed by atoms with van der Waals surface area (Å²) in [7, 11) is -0.723. The average Bonchev–Trinajstić information content (AvgIpc) is 1.62. The topological polar surface area (TPSA) is 60.8 Å². The second kappa shape index (κ2) is 2.62. The van der Waals surface area contributed by atoms with Gasteiger partial charge in [0.1, 0.15) is 5.28 Å². The first-order valence-corrected chi connectivity index (χ1v) is 4.54. The zero-order valence-electron chi connectivity index (χ0n) is 6.70. The second-order valence-corrected chi connectivity index (χ2v) is 5.12. The van der Waals surface area contributed by atoms with Crippen molar-refractivity contribution >= 4 is 7.60 Å². The van der Waals surface area contributed by atoms with Gasteiger partial charge >= 0.3 is 7.60 Å². The Hall–Kier alpha value is 0.110. The molecule has 0 heterocycles. The minimum atomic E-state index is -4.00. The van der Waals surface area contributed by atoms with E-state index < -0.39 is 12.9 Å². The van der Waals surface area contributed by atoms with Crippen molar-refractivity contribution in [1.82, 2.24) is 4.90 Å². The third-order valence-electron chi connectivity index (χ3n) is 1.81. The molecule has 0 aliphatic carbocycles. The van der Waals surface area contributed by atoms with Crippen LogP contribution in [0, 0.1) is 0 Å². The second-order valence-electron chi connectivity index (χ2n) is 2.93. The molecule has 0 atom stereocenters. The molecule has 0 aromatic carbocycles. The van der Waals surface area contributed by atoms with E-state index in [9.17, 15) is 4.57 Å². The Labute approximate surface area is 61.0 Å². The Balaban J connectivity index is 4.58. The smallest absolute Gasteiger partial charge is 0.323 e. The average molecular weight is 167 g/mol. The maximum absolute atomic E-state index is 10.7. The molecule has 10 heavy (non-hydrogen) atoms. The van der Waals surface area contributed by atoms with Crippen LogP contribution in [0.4, 0.5) is 0 Å². The minimum Gasteiger partial charge on any atom is -0.323 e. The third kappa shape index (κ3) is 1.80. The van der Waals surface area contributed by atoms with Crippen LogP contribution in [0.2, 0.25) is 0 Å². The lowest BCUT2D eigenvalue weighted by atomic mass is 10.4. The molecule has 0 radical (unpaired) electrons. The van der Waals surface area contributed by atoms with Crippen molar-refractivity contribution in [3.8, 4) is 0 Å². The summed E-state index contributed by atoms with van der Waals surface area (Å²) in [4.78, 5) is 19.1. The molecule has 0 saturated carbocycles. The van der Waals surface area contributed by atoms with Crippen LogP contribution in [-0.2, 0) is 4.57 Å². The number of hydrogen-bond acceptors (Lipinski definition) is 2. The molecule has 0 spiro atoms. The van der Waals surface area contributed by atoms with Gasteiger partial charge in [-0.2, -0.15) is 0 Å². The number of hydrogen-bond donors (Lipinski definition) is 2. The van der Waals surface area contributed by atoms with Gasteiger partial charge in [0.2, 0.25) is 0 Å². The molecule has 0 saturated heterocycles. The summed E-state index contributed by atoms with van der Waals surface area (Å²) in [6.07, 6.45) is 0. The van der Waals surface area contributed by atoms with Crippen LogP contribution in [0.5, 0.6) is 0 Å². The maximum Gasteiger partial charge on any atom is 0.345 e. The van der Waals surface area contributed by atoms with Gasteiger partial charge in [-0.3, -0.25) is 9.46 Å². The van der Waals surface area contributed by atoms with Crippen molar-refractivity contribution in [1.29, 1.82) is 0 Å². The van der Waals surface area contributed by atoms with E-state index in [1.165, 1.54) is 18.7 Å². The first kappa shape index (κ1) is 10.1. The Morgan fingerprint density at radius 1 is 1.30 bits per heavy atom. The molecule has 2 N–H and O–H groups in total. The van der Waals surface area contributed by atoms with Crippen LogP contribution in [0.1, 0.15) is 13.8 Å². The lowest BCUT2D eigenvalue weighted by molar-refractivity contribution is 0.221. The molecule has 62 valence electrons. The lowest BCUT2D eigenvalue weighted by Crippen LogP contribution is -2.37. The highest BCUT2D eigenvalue weighted by Gasteiger charge is 2.39. The summed E-state index contributed by atoms with van der Waals surface area (Å²) < 4.78 is 10.7. The van der Waals surface area contributed by atoms with Crippen LogP contribution in [0.25, 0.3) is 0 Å². The number of nitrogens with zero attached hydrogens (tertiary/aromatic N) is 1. The largest absolute Gasteiger partial charge is 0.345 e. The predicted molar refractivity (Wildman–Crippen MR) is 39.8 cm³/mol. The van der Waals surface area contributed by atoms with Gasteiger partial charge in [-0.15, -0.1) is 0 Å². The summed E-state index contributed by atoms with van der Waals surface area (Å²) in [5.74, 6) is 0. The van der Waals surface area contributed by atoms with E-state index in [0.717, 1.165) is 0 Å². The van der Waals surface area contributed by atoms with Crippen LogP contribution in [0.3, 0.4) is 0 Å². The molecule has 0 rings (SSSR count). The van der Waals surface area contributed by atoms with Crippen molar-refractivity contribution in [3.05, 3.63) is 0 Å². The molecular formula is C5H14NO3P. The Morgan fingerprint density at radius 3 is 1.60 bits per heavy atom. The first-order chi connectivity index (χ1) is 4.19. The van der Waals surface area contributed by atoms with Crippen molar-refractivity contribution < 1.29 is 14.4 Å². The Bertz CT molecular complexity index is 160. The fourth-order valence-electron chi connectivity index (χ4n) is 0.261. The van der Waals surface area contributed by atoms with Crippen molar-refractivity contribution in [2.45, 2.75) is 19.1 Å². The van der Waals surface area contributed by atoms with Gasteiger partial charge in [-0.1, -0.05) is 0 Å². The van der Waals surface area contributed by atoms with E-state index >= 15 is 0 Å². The minimum absolute atomic E-state index is 1.06. The van der Waals surface area contributed by atoms with Gasteiger partial charge in [-0.05, 0) is 27.9 Å². The standard InChI is InChI=1S/C5H14NO3P/c1-5(2,6(3)4)10(7,8)9/h1-4H3,(H2,7,8,9). The highest BCUT2D eigenvalue weighted by Crippen LogP contribution is 2.50. The van der Waals surface area contributed by atoms with Gasteiger partial charge in [0.05, 0.1) is 0 Å². The molecule has 5 heteroatoms. The first-order valence-electron chi connectivity index (χ1n) is 2.92. The highest BCUT2D eigenvalue weighted by molar-refractivity contribution is 7.53. The molecular weight excluding hydrogens is 153 g/mol. The zero-order chi connectivity index (χ0) is 8.58. The van der Waals surface area contributed by atoms with E-state index in [4.69, 9.17) is 9.79 Å². The van der Waals surface area contributed by atoms with E-state index in [0.29, 0.717) is 0 Å². The Morgan fingerprint density at radius 2 is 1.60 bits per heavy atom. The van der Waals surface area contributed by atoms with Gasteiger partial charge in [-0.25, -0.2) is 0 Å². The molecule has 0 amide bonds. The maximum atomic E-state index is 10.7. The molecule has 4 nitrogen and oxygen atoms in total. The third-order valence-corrected chi connectivity index (χ3v) is 3.63. The fourth-order valence-corrected chi connectivity index (χ4v) is 0.782. The summed E-state index contributed by atoms with van der Waals surface area (Å²) >= 11 is 0. The van der Waals surface area contributed by atoms with Gasteiger partial charge in [0.25, 0.3) is 0 Å². The summed E-state index contributed by atoms with van der Waals surface area (Å²) in [5.41, 5.74) is 0. The summed E-state index contributed by atoms with van der Waals surface area (Å²) in [5, 5.41) is -1.06. The van der Waals surface area contributed by atoms with E-state index in [1.54, 1.807) is 14.1 Å². The van der Waals surface area contributed by atoms with Crippen LogP contribution in [0.15, 0.2) is 0 Å². The van der Waals surface area contributed by atoms with Crippen molar-refractivity contribution in [2.75, 3.05) is 14.1 Å². The highest BCUT2D eigenvalue weighted by atomic mass is 31.2. The molecule has 0 bridgehead atoms. The fraction of sp³-hybridized carbons (Fsp3) is 1.00. The van der Waals surface area contributed by atoms with Crippen LogP contribution in [-0.4, -0.2) is 34.1 Å². The van der Waals surface area contributed by atoms with Crippen molar-refractivity contribution in [3.63, 3.8) is 0 Å². The van der Waals surface area contributed by atoms with E-state index in [2.05, 4.69) is 0 Å². The van der Waals surface area contributed by atoms with Crippen LogP contribution >= 0.6 is 7.60 Å². The zero-order valence-corrected chi connectivity index (χ0v) is 7.59. The number of rotatable bonds is 2. The molecule has 0 unspecified atom stereocenters. The predicted octanol–water partition coefficient (Wildman–Crippen LogP) is 0.462.